The summed E-state index contributed by atoms with van der Waals surface area (Å²) in [6.45, 7) is 17.6. The fraction of sp³-hybridized carbons (Fsp3) is 0.308. The molecule has 0 aliphatic heterocycles. The second-order valence-corrected chi connectivity index (χ2v) is 16.3. The standard InChI is InChI=1S/C52H56F2O3/c1-9-39-23-25-41(29-35(39)3)51(5,6)49(33-37-21-27-45(53)47(31-37)55-43-17-13-11-14-18-43)57-50(52(7,8)42-26-24-40(10-2)36(4)30-42)34-38-22-28-46(54)48(32-38)56-44-19-15-12-16-20-44/h11-32,49-50H,9-10,33-34H2,1-8H3. The van der Waals surface area contributed by atoms with Crippen molar-refractivity contribution >= 4 is 0 Å². The van der Waals surface area contributed by atoms with Gasteiger partial charge in [-0.2, -0.15) is 0 Å². The minimum absolute atomic E-state index is 0.166. The molecule has 3 nitrogen and oxygen atoms in total. The highest BCUT2D eigenvalue weighted by molar-refractivity contribution is 5.41. The van der Waals surface area contributed by atoms with Gasteiger partial charge in [-0.15, -0.1) is 0 Å². The van der Waals surface area contributed by atoms with Crippen LogP contribution in [0.3, 0.4) is 0 Å². The maximum absolute atomic E-state index is 15.3. The highest BCUT2D eigenvalue weighted by atomic mass is 19.1. The van der Waals surface area contributed by atoms with Crippen molar-refractivity contribution in [2.45, 2.75) is 104 Å². The highest BCUT2D eigenvalue weighted by Gasteiger charge is 2.40. The molecular formula is C52H56F2O3. The first-order valence-electron chi connectivity index (χ1n) is 20.2. The molecule has 6 aromatic rings. The largest absolute Gasteiger partial charge is 0.454 e. The molecule has 0 fully saturated rings. The number of halogens is 2. The SMILES string of the molecule is CCc1ccc(C(C)(C)C(Cc2ccc(F)c(Oc3ccccc3)c2)OC(Cc2ccc(F)c(Oc3ccccc3)c2)C(C)(C)c2ccc(CC)c(C)c2)cc1C. The van der Waals surface area contributed by atoms with E-state index in [4.69, 9.17) is 14.2 Å². The first kappa shape index (κ1) is 41.4. The number of para-hydroxylation sites is 2. The summed E-state index contributed by atoms with van der Waals surface area (Å²) in [6, 6.07) is 42.2. The van der Waals surface area contributed by atoms with Crippen LogP contribution in [0.5, 0.6) is 23.0 Å². The van der Waals surface area contributed by atoms with Gasteiger partial charge in [-0.05, 0) is 133 Å². The third kappa shape index (κ3) is 9.83. The van der Waals surface area contributed by atoms with Crippen molar-refractivity contribution in [3.63, 3.8) is 0 Å². The van der Waals surface area contributed by atoms with Crippen molar-refractivity contribution in [3.05, 3.63) is 190 Å². The van der Waals surface area contributed by atoms with Crippen LogP contribution in [-0.2, 0) is 41.3 Å². The molecule has 0 heterocycles. The van der Waals surface area contributed by atoms with Gasteiger partial charge in [0.05, 0.1) is 12.2 Å². The van der Waals surface area contributed by atoms with Crippen LogP contribution in [0.25, 0.3) is 0 Å². The zero-order chi connectivity index (χ0) is 40.7. The van der Waals surface area contributed by atoms with Crippen LogP contribution < -0.4 is 9.47 Å². The van der Waals surface area contributed by atoms with E-state index in [2.05, 4.69) is 91.8 Å². The molecule has 6 aromatic carbocycles. The van der Waals surface area contributed by atoms with Crippen LogP contribution in [0.2, 0.25) is 0 Å². The van der Waals surface area contributed by atoms with E-state index in [-0.39, 0.29) is 23.7 Å². The zero-order valence-electron chi connectivity index (χ0n) is 34.7. The summed E-state index contributed by atoms with van der Waals surface area (Å²) in [7, 11) is 0. The molecule has 0 amide bonds. The van der Waals surface area contributed by atoms with Crippen LogP contribution in [0.1, 0.15) is 86.1 Å². The second-order valence-electron chi connectivity index (χ2n) is 16.3. The molecular weight excluding hydrogens is 711 g/mol. The van der Waals surface area contributed by atoms with Crippen molar-refractivity contribution < 1.29 is 23.0 Å². The van der Waals surface area contributed by atoms with E-state index in [1.165, 1.54) is 34.4 Å². The molecule has 0 aliphatic carbocycles. The summed E-state index contributed by atoms with van der Waals surface area (Å²) in [6.07, 6.45) is 2.12. The molecule has 0 saturated heterocycles. The average molecular weight is 767 g/mol. The molecule has 2 unspecified atom stereocenters. The molecule has 5 heteroatoms. The smallest absolute Gasteiger partial charge is 0.165 e. The van der Waals surface area contributed by atoms with Crippen molar-refractivity contribution in [2.24, 2.45) is 0 Å². The lowest BCUT2D eigenvalue weighted by molar-refractivity contribution is -0.0753. The van der Waals surface area contributed by atoms with Crippen LogP contribution in [0.4, 0.5) is 8.78 Å². The first-order valence-corrected chi connectivity index (χ1v) is 20.2. The Bertz CT molecular complexity index is 2100. The van der Waals surface area contributed by atoms with Crippen molar-refractivity contribution in [2.75, 3.05) is 0 Å². The van der Waals surface area contributed by atoms with Gasteiger partial charge in [-0.1, -0.05) is 126 Å². The Balaban J connectivity index is 1.44. The highest BCUT2D eigenvalue weighted by Crippen LogP contribution is 2.40. The zero-order valence-corrected chi connectivity index (χ0v) is 34.7. The lowest BCUT2D eigenvalue weighted by Crippen LogP contribution is -2.46. The van der Waals surface area contributed by atoms with E-state index in [0.29, 0.717) is 24.3 Å². The normalized spacial score (nSPS) is 12.9. The average Bonchev–Trinajstić information content (AvgIpc) is 3.20. The molecule has 0 bridgehead atoms. The number of hydrogen-bond donors (Lipinski definition) is 0. The molecule has 296 valence electrons. The van der Waals surface area contributed by atoms with Crippen LogP contribution in [-0.4, -0.2) is 12.2 Å². The molecule has 0 radical (unpaired) electrons. The van der Waals surface area contributed by atoms with Crippen molar-refractivity contribution in [1.82, 2.24) is 0 Å². The van der Waals surface area contributed by atoms with Crippen LogP contribution >= 0.6 is 0 Å². The molecule has 57 heavy (non-hydrogen) atoms. The number of rotatable bonds is 16. The predicted molar refractivity (Wildman–Crippen MR) is 229 cm³/mol. The van der Waals surface area contributed by atoms with Gasteiger partial charge in [0, 0.05) is 10.8 Å². The number of benzene rings is 6. The van der Waals surface area contributed by atoms with E-state index in [1.54, 1.807) is 12.1 Å². The van der Waals surface area contributed by atoms with E-state index in [9.17, 15) is 0 Å². The van der Waals surface area contributed by atoms with Crippen LogP contribution in [0.15, 0.2) is 133 Å². The van der Waals surface area contributed by atoms with E-state index < -0.39 is 22.5 Å². The Labute approximate surface area is 338 Å². The van der Waals surface area contributed by atoms with Gasteiger partial charge in [0.25, 0.3) is 0 Å². The lowest BCUT2D eigenvalue weighted by Gasteiger charge is -2.43. The van der Waals surface area contributed by atoms with Gasteiger partial charge in [0.2, 0.25) is 0 Å². The summed E-state index contributed by atoms with van der Waals surface area (Å²) < 4.78 is 50.3. The Morgan fingerprint density at radius 3 is 1.23 bits per heavy atom. The minimum Gasteiger partial charge on any atom is -0.454 e. The Hall–Kier alpha value is -5.26. The monoisotopic (exact) mass is 766 g/mol. The lowest BCUT2D eigenvalue weighted by atomic mass is 9.73. The number of aryl methyl sites for hydroxylation is 4. The fourth-order valence-corrected chi connectivity index (χ4v) is 7.67. The first-order chi connectivity index (χ1) is 27.3. The van der Waals surface area contributed by atoms with Gasteiger partial charge in [0.1, 0.15) is 11.5 Å². The van der Waals surface area contributed by atoms with Gasteiger partial charge >= 0.3 is 0 Å². The Kier molecular flexibility index (Phi) is 13.0. The maximum atomic E-state index is 15.3. The van der Waals surface area contributed by atoms with Crippen LogP contribution in [0, 0.1) is 25.5 Å². The molecule has 6 rings (SSSR count). The Morgan fingerprint density at radius 1 is 0.491 bits per heavy atom. The third-order valence-corrected chi connectivity index (χ3v) is 11.6. The summed E-state index contributed by atoms with van der Waals surface area (Å²) in [4.78, 5) is 0. The number of hydrogen-bond acceptors (Lipinski definition) is 3. The van der Waals surface area contributed by atoms with Crippen molar-refractivity contribution in [1.29, 1.82) is 0 Å². The predicted octanol–water partition coefficient (Wildman–Crippen LogP) is 13.8. The molecule has 0 aromatic heterocycles. The summed E-state index contributed by atoms with van der Waals surface area (Å²) in [5.41, 5.74) is 8.20. The quantitative estimate of drug-likeness (QED) is 0.0982. The van der Waals surface area contributed by atoms with Gasteiger partial charge in [-0.3, -0.25) is 0 Å². The molecule has 0 aliphatic rings. The minimum atomic E-state index is -0.493. The molecule has 2 atom stereocenters. The number of ether oxygens (including phenoxy) is 3. The fourth-order valence-electron chi connectivity index (χ4n) is 7.67. The molecule has 0 N–H and O–H groups in total. The van der Waals surface area contributed by atoms with Crippen molar-refractivity contribution in [3.8, 4) is 23.0 Å². The van der Waals surface area contributed by atoms with Gasteiger partial charge in [0.15, 0.2) is 23.1 Å². The van der Waals surface area contributed by atoms with Gasteiger partial charge in [-0.25, -0.2) is 8.78 Å². The maximum Gasteiger partial charge on any atom is 0.165 e. The van der Waals surface area contributed by atoms with E-state index >= 15 is 8.78 Å². The topological polar surface area (TPSA) is 27.7 Å². The molecule has 0 saturated carbocycles. The summed E-state index contributed by atoms with van der Waals surface area (Å²) in [5.74, 6) is 0.598. The van der Waals surface area contributed by atoms with E-state index in [0.717, 1.165) is 35.1 Å². The third-order valence-electron chi connectivity index (χ3n) is 11.6. The summed E-state index contributed by atoms with van der Waals surface area (Å²) >= 11 is 0. The Morgan fingerprint density at radius 2 is 0.877 bits per heavy atom. The summed E-state index contributed by atoms with van der Waals surface area (Å²) in [5, 5.41) is 0. The second kappa shape index (κ2) is 17.9. The molecule has 0 spiro atoms. The van der Waals surface area contributed by atoms with E-state index in [1.807, 2.05) is 72.8 Å². The van der Waals surface area contributed by atoms with Gasteiger partial charge < -0.3 is 14.2 Å².